The van der Waals surface area contributed by atoms with Crippen molar-refractivity contribution in [2.24, 2.45) is 10.4 Å². The summed E-state index contributed by atoms with van der Waals surface area (Å²) in [5.74, 6) is 1.25. The third-order valence-electron chi connectivity index (χ3n) is 5.32. The third-order valence-corrected chi connectivity index (χ3v) is 5.32. The summed E-state index contributed by atoms with van der Waals surface area (Å²) >= 11 is 0. The van der Waals surface area contributed by atoms with Gasteiger partial charge >= 0.3 is 0 Å². The predicted molar refractivity (Wildman–Crippen MR) is 129 cm³/mol. The first kappa shape index (κ1) is 25.6. The Morgan fingerprint density at radius 1 is 1.28 bits per heavy atom. The number of ether oxygens (including phenoxy) is 1. The van der Waals surface area contributed by atoms with Gasteiger partial charge in [0.05, 0.1) is 0 Å². The lowest BCUT2D eigenvalue weighted by Gasteiger charge is -2.30. The SMILES string of the molecule is CCOCCC1(CNC(=NC)NCCC(=O)Nc2ccc(C)cn2)CCCC1.I. The summed E-state index contributed by atoms with van der Waals surface area (Å²) in [4.78, 5) is 20.5. The van der Waals surface area contributed by atoms with Crippen molar-refractivity contribution >= 4 is 41.7 Å². The molecule has 164 valence electrons. The maximum Gasteiger partial charge on any atom is 0.227 e. The number of aromatic nitrogens is 1. The van der Waals surface area contributed by atoms with Crippen LogP contribution in [0.15, 0.2) is 23.3 Å². The third kappa shape index (κ3) is 9.29. The maximum atomic E-state index is 12.1. The Morgan fingerprint density at radius 2 is 2.03 bits per heavy atom. The Morgan fingerprint density at radius 3 is 2.66 bits per heavy atom. The molecule has 1 aliphatic rings. The van der Waals surface area contributed by atoms with E-state index in [0.29, 0.717) is 24.2 Å². The second-order valence-corrected chi connectivity index (χ2v) is 7.53. The van der Waals surface area contributed by atoms with Crippen LogP contribution in [0.1, 0.15) is 51.0 Å². The highest BCUT2D eigenvalue weighted by molar-refractivity contribution is 14.0. The van der Waals surface area contributed by atoms with Crippen LogP contribution in [-0.2, 0) is 9.53 Å². The predicted octanol–water partition coefficient (Wildman–Crippen LogP) is 3.49. The lowest BCUT2D eigenvalue weighted by molar-refractivity contribution is -0.116. The number of carbonyl (C=O) groups is 1. The number of anilines is 1. The zero-order valence-electron chi connectivity index (χ0n) is 17.9. The number of aryl methyl sites for hydroxylation is 1. The Kier molecular flexibility index (Phi) is 12.1. The molecule has 1 saturated carbocycles. The van der Waals surface area contributed by atoms with Gasteiger partial charge in [-0.2, -0.15) is 0 Å². The van der Waals surface area contributed by atoms with Crippen LogP contribution in [0.3, 0.4) is 0 Å². The van der Waals surface area contributed by atoms with Crippen LogP contribution in [0, 0.1) is 12.3 Å². The minimum absolute atomic E-state index is 0. The quantitative estimate of drug-likeness (QED) is 0.192. The zero-order valence-corrected chi connectivity index (χ0v) is 20.3. The number of nitrogens with one attached hydrogen (secondary N) is 3. The minimum atomic E-state index is -0.0664. The molecule has 1 aromatic heterocycles. The molecule has 8 heteroatoms. The van der Waals surface area contributed by atoms with E-state index in [9.17, 15) is 4.79 Å². The van der Waals surface area contributed by atoms with Crippen LogP contribution in [0.25, 0.3) is 0 Å². The van der Waals surface area contributed by atoms with Crippen LogP contribution in [0.5, 0.6) is 0 Å². The Bertz CT molecular complexity index is 630. The lowest BCUT2D eigenvalue weighted by Crippen LogP contribution is -2.44. The van der Waals surface area contributed by atoms with Crippen LogP contribution in [-0.4, -0.2) is 50.2 Å². The van der Waals surface area contributed by atoms with E-state index >= 15 is 0 Å². The topological polar surface area (TPSA) is 87.6 Å². The highest BCUT2D eigenvalue weighted by Crippen LogP contribution is 2.40. The summed E-state index contributed by atoms with van der Waals surface area (Å²) in [6, 6.07) is 3.74. The molecule has 7 nitrogen and oxygen atoms in total. The molecule has 0 bridgehead atoms. The molecule has 0 unspecified atom stereocenters. The van der Waals surface area contributed by atoms with E-state index in [1.165, 1.54) is 25.7 Å². The number of guanidine groups is 1. The summed E-state index contributed by atoms with van der Waals surface area (Å²) in [6.45, 7) is 7.00. The van der Waals surface area contributed by atoms with Crippen LogP contribution < -0.4 is 16.0 Å². The van der Waals surface area contributed by atoms with Gasteiger partial charge in [0.15, 0.2) is 5.96 Å². The number of hydrogen-bond donors (Lipinski definition) is 3. The molecule has 0 spiro atoms. The number of halogens is 1. The van der Waals surface area contributed by atoms with Crippen molar-refractivity contribution in [1.82, 2.24) is 15.6 Å². The smallest absolute Gasteiger partial charge is 0.227 e. The van der Waals surface area contributed by atoms with Gasteiger partial charge in [-0.05, 0) is 50.2 Å². The molecule has 2 rings (SSSR count). The molecular formula is C21H36IN5O2. The van der Waals surface area contributed by atoms with Gasteiger partial charge in [0.2, 0.25) is 5.91 Å². The van der Waals surface area contributed by atoms with Crippen molar-refractivity contribution in [3.8, 4) is 0 Å². The number of pyridine rings is 1. The number of carbonyl (C=O) groups excluding carboxylic acids is 1. The monoisotopic (exact) mass is 517 g/mol. The van der Waals surface area contributed by atoms with Gasteiger partial charge < -0.3 is 20.7 Å². The van der Waals surface area contributed by atoms with Gasteiger partial charge in [-0.1, -0.05) is 18.9 Å². The van der Waals surface area contributed by atoms with Gasteiger partial charge in [0, 0.05) is 46.0 Å². The van der Waals surface area contributed by atoms with E-state index in [4.69, 9.17) is 4.74 Å². The average molecular weight is 517 g/mol. The number of hydrogen-bond acceptors (Lipinski definition) is 4. The van der Waals surface area contributed by atoms with Crippen molar-refractivity contribution in [1.29, 1.82) is 0 Å². The lowest BCUT2D eigenvalue weighted by atomic mass is 9.83. The second-order valence-electron chi connectivity index (χ2n) is 7.53. The Balaban J connectivity index is 0.00000420. The minimum Gasteiger partial charge on any atom is -0.382 e. The van der Waals surface area contributed by atoms with Crippen molar-refractivity contribution in [2.45, 2.75) is 52.4 Å². The van der Waals surface area contributed by atoms with Crippen molar-refractivity contribution < 1.29 is 9.53 Å². The molecule has 0 aromatic carbocycles. The van der Waals surface area contributed by atoms with Gasteiger partial charge in [-0.25, -0.2) is 4.98 Å². The number of aliphatic imine (C=N–C) groups is 1. The van der Waals surface area contributed by atoms with Gasteiger partial charge in [-0.15, -0.1) is 24.0 Å². The summed E-state index contributed by atoms with van der Waals surface area (Å²) < 4.78 is 5.58. The normalized spacial score (nSPS) is 15.5. The molecule has 0 saturated heterocycles. The van der Waals surface area contributed by atoms with E-state index in [1.54, 1.807) is 13.2 Å². The molecule has 1 aromatic rings. The summed E-state index contributed by atoms with van der Waals surface area (Å²) in [6.07, 6.45) is 8.21. The van der Waals surface area contributed by atoms with E-state index in [2.05, 4.69) is 25.9 Å². The fourth-order valence-corrected chi connectivity index (χ4v) is 3.61. The molecule has 0 radical (unpaired) electrons. The highest BCUT2D eigenvalue weighted by Gasteiger charge is 2.33. The average Bonchev–Trinajstić information content (AvgIpc) is 3.15. The molecular weight excluding hydrogens is 481 g/mol. The maximum absolute atomic E-state index is 12.1. The van der Waals surface area contributed by atoms with Gasteiger partial charge in [0.25, 0.3) is 0 Å². The molecule has 1 aliphatic carbocycles. The molecule has 29 heavy (non-hydrogen) atoms. The number of amides is 1. The molecule has 3 N–H and O–H groups in total. The Hall–Kier alpha value is -1.42. The second kappa shape index (κ2) is 13.7. The first-order chi connectivity index (χ1) is 13.6. The van der Waals surface area contributed by atoms with Crippen molar-refractivity contribution in [2.75, 3.05) is 38.7 Å². The largest absolute Gasteiger partial charge is 0.382 e. The zero-order chi connectivity index (χ0) is 20.2. The summed E-state index contributed by atoms with van der Waals surface area (Å²) in [5.41, 5.74) is 1.36. The van der Waals surface area contributed by atoms with E-state index < -0.39 is 0 Å². The number of nitrogens with zero attached hydrogens (tertiary/aromatic N) is 2. The van der Waals surface area contributed by atoms with Crippen LogP contribution in [0.4, 0.5) is 5.82 Å². The van der Waals surface area contributed by atoms with Crippen LogP contribution >= 0.6 is 24.0 Å². The number of rotatable bonds is 10. The first-order valence-corrected chi connectivity index (χ1v) is 10.3. The standard InChI is InChI=1S/C21H35N5O2.HI/c1-4-28-14-12-21(10-5-6-11-21)16-25-20(22-3)23-13-9-19(27)26-18-8-7-17(2)15-24-18;/h7-8,15H,4-6,9-14,16H2,1-3H3,(H2,22,23,25)(H,24,26,27);1H. The molecule has 1 amide bonds. The first-order valence-electron chi connectivity index (χ1n) is 10.3. The Labute approximate surface area is 191 Å². The molecule has 1 fully saturated rings. The fraction of sp³-hybridized carbons (Fsp3) is 0.667. The van der Waals surface area contributed by atoms with Gasteiger partial charge in [0.1, 0.15) is 5.82 Å². The van der Waals surface area contributed by atoms with Crippen molar-refractivity contribution in [3.63, 3.8) is 0 Å². The fourth-order valence-electron chi connectivity index (χ4n) is 3.61. The van der Waals surface area contributed by atoms with E-state index in [-0.39, 0.29) is 29.9 Å². The summed E-state index contributed by atoms with van der Waals surface area (Å²) in [7, 11) is 1.76. The van der Waals surface area contributed by atoms with Crippen molar-refractivity contribution in [3.05, 3.63) is 23.9 Å². The van der Waals surface area contributed by atoms with E-state index in [0.717, 1.165) is 37.7 Å². The van der Waals surface area contributed by atoms with E-state index in [1.807, 2.05) is 26.0 Å². The summed E-state index contributed by atoms with van der Waals surface area (Å²) in [5, 5.41) is 9.49. The van der Waals surface area contributed by atoms with Gasteiger partial charge in [-0.3, -0.25) is 9.79 Å². The molecule has 1 heterocycles. The highest BCUT2D eigenvalue weighted by atomic mass is 127. The van der Waals surface area contributed by atoms with Crippen LogP contribution in [0.2, 0.25) is 0 Å². The molecule has 0 aliphatic heterocycles. The molecule has 0 atom stereocenters.